The molecule has 1 saturated heterocycles. The van der Waals surface area contributed by atoms with Crippen LogP contribution in [0.25, 0.3) is 5.69 Å². The Morgan fingerprint density at radius 2 is 2.00 bits per heavy atom. The number of imidazole rings is 1. The van der Waals surface area contributed by atoms with Crippen molar-refractivity contribution in [3.63, 3.8) is 0 Å². The molecule has 2 heterocycles. The molecule has 1 amide bonds. The van der Waals surface area contributed by atoms with Crippen LogP contribution in [0.2, 0.25) is 0 Å². The van der Waals surface area contributed by atoms with Crippen LogP contribution in [0.5, 0.6) is 0 Å². The first kappa shape index (κ1) is 18.6. The number of carbonyl (C=O) groups excluding carboxylic acids is 1. The Balaban J connectivity index is 1.69. The van der Waals surface area contributed by atoms with Crippen LogP contribution in [0.4, 0.5) is 0 Å². The van der Waals surface area contributed by atoms with Gasteiger partial charge in [0.25, 0.3) is 0 Å². The van der Waals surface area contributed by atoms with Gasteiger partial charge in [-0.15, -0.1) is 0 Å². The molecular weight excluding hydrogens is 352 g/mol. The standard InChI is InChI=1S/C18H24N4O3S/c1-13(20-18(23)17-5-4-11-22(17)26(3,24)25)15-6-8-16(9-7-15)21-12-10-19-14(21)2/h6-10,12-13,17H,4-5,11H2,1-3H3,(H,20,23)/t13-,17-/m1/s1. The number of sulfonamides is 1. The molecule has 0 bridgehead atoms. The second-order valence-corrected chi connectivity index (χ2v) is 8.63. The number of hydrogen-bond acceptors (Lipinski definition) is 4. The predicted molar refractivity (Wildman–Crippen MR) is 99.4 cm³/mol. The lowest BCUT2D eigenvalue weighted by atomic mass is 10.1. The van der Waals surface area contributed by atoms with E-state index in [1.54, 1.807) is 6.20 Å². The Morgan fingerprint density at radius 1 is 1.31 bits per heavy atom. The summed E-state index contributed by atoms with van der Waals surface area (Å²) >= 11 is 0. The minimum absolute atomic E-state index is 0.206. The SMILES string of the molecule is Cc1nccn1-c1ccc([C@@H](C)NC(=O)[C@H]2CCCN2S(C)(=O)=O)cc1. The average Bonchev–Trinajstić information content (AvgIpc) is 3.23. The average molecular weight is 376 g/mol. The van der Waals surface area contributed by atoms with Crippen molar-refractivity contribution in [3.05, 3.63) is 48.0 Å². The summed E-state index contributed by atoms with van der Waals surface area (Å²) < 4.78 is 26.9. The Morgan fingerprint density at radius 3 is 2.58 bits per heavy atom. The number of carbonyl (C=O) groups is 1. The van der Waals surface area contributed by atoms with Crippen LogP contribution in [0.1, 0.15) is 37.2 Å². The smallest absolute Gasteiger partial charge is 0.238 e. The van der Waals surface area contributed by atoms with Crippen LogP contribution in [-0.4, -0.2) is 47.0 Å². The third kappa shape index (κ3) is 3.81. The Bertz CT molecular complexity index is 889. The van der Waals surface area contributed by atoms with E-state index >= 15 is 0 Å². The maximum absolute atomic E-state index is 12.6. The quantitative estimate of drug-likeness (QED) is 0.862. The van der Waals surface area contributed by atoms with E-state index in [4.69, 9.17) is 0 Å². The number of amides is 1. The molecule has 8 heteroatoms. The van der Waals surface area contributed by atoms with Crippen LogP contribution in [0.3, 0.4) is 0 Å². The first-order chi connectivity index (χ1) is 12.3. The fraction of sp³-hybridized carbons (Fsp3) is 0.444. The number of nitrogens with one attached hydrogen (secondary N) is 1. The van der Waals surface area contributed by atoms with Gasteiger partial charge in [-0.25, -0.2) is 13.4 Å². The van der Waals surface area contributed by atoms with Crippen molar-refractivity contribution in [1.82, 2.24) is 19.2 Å². The number of rotatable bonds is 5. The van der Waals surface area contributed by atoms with E-state index in [1.807, 2.05) is 48.9 Å². The van der Waals surface area contributed by atoms with E-state index in [0.29, 0.717) is 19.4 Å². The lowest BCUT2D eigenvalue weighted by Crippen LogP contribution is -2.46. The molecule has 2 atom stereocenters. The van der Waals surface area contributed by atoms with Crippen molar-refractivity contribution in [2.45, 2.75) is 38.8 Å². The molecule has 3 rings (SSSR count). The summed E-state index contributed by atoms with van der Waals surface area (Å²) in [6.45, 7) is 4.24. The van der Waals surface area contributed by atoms with Crippen LogP contribution < -0.4 is 5.32 Å². The summed E-state index contributed by atoms with van der Waals surface area (Å²) in [5.41, 5.74) is 1.96. The molecule has 1 aliphatic rings. The fourth-order valence-electron chi connectivity index (χ4n) is 3.37. The number of hydrogen-bond donors (Lipinski definition) is 1. The normalized spacial score (nSPS) is 19.4. The van der Waals surface area contributed by atoms with E-state index in [-0.39, 0.29) is 11.9 Å². The van der Waals surface area contributed by atoms with Crippen molar-refractivity contribution < 1.29 is 13.2 Å². The largest absolute Gasteiger partial charge is 0.348 e. The number of aromatic nitrogens is 2. The highest BCUT2D eigenvalue weighted by Crippen LogP contribution is 2.22. The minimum Gasteiger partial charge on any atom is -0.348 e. The summed E-state index contributed by atoms with van der Waals surface area (Å²) in [5.74, 6) is 0.663. The van der Waals surface area contributed by atoms with Crippen LogP contribution in [-0.2, 0) is 14.8 Å². The topological polar surface area (TPSA) is 84.3 Å². The van der Waals surface area contributed by atoms with Gasteiger partial charge in [0, 0.05) is 24.6 Å². The second-order valence-electron chi connectivity index (χ2n) is 6.70. The van der Waals surface area contributed by atoms with Crippen molar-refractivity contribution in [1.29, 1.82) is 0 Å². The number of nitrogens with zero attached hydrogens (tertiary/aromatic N) is 3. The van der Waals surface area contributed by atoms with Gasteiger partial charge in [-0.3, -0.25) is 4.79 Å². The van der Waals surface area contributed by atoms with Gasteiger partial charge in [0.15, 0.2) is 0 Å². The second kappa shape index (κ2) is 7.20. The van der Waals surface area contributed by atoms with Gasteiger partial charge >= 0.3 is 0 Å². The molecule has 1 aromatic carbocycles. The zero-order valence-electron chi connectivity index (χ0n) is 15.2. The summed E-state index contributed by atoms with van der Waals surface area (Å²) in [5, 5.41) is 2.94. The molecule has 2 aromatic rings. The molecule has 7 nitrogen and oxygen atoms in total. The molecule has 1 fully saturated rings. The number of aryl methyl sites for hydroxylation is 1. The van der Waals surface area contributed by atoms with Crippen molar-refractivity contribution in [3.8, 4) is 5.69 Å². The predicted octanol–water partition coefficient (Wildman–Crippen LogP) is 1.78. The van der Waals surface area contributed by atoms with Crippen LogP contribution >= 0.6 is 0 Å². The molecule has 140 valence electrons. The highest BCUT2D eigenvalue weighted by Gasteiger charge is 2.36. The van der Waals surface area contributed by atoms with E-state index in [2.05, 4.69) is 10.3 Å². The summed E-state index contributed by atoms with van der Waals surface area (Å²) in [4.78, 5) is 16.8. The molecule has 26 heavy (non-hydrogen) atoms. The third-order valence-electron chi connectivity index (χ3n) is 4.79. The van der Waals surface area contributed by atoms with E-state index in [0.717, 1.165) is 23.3 Å². The van der Waals surface area contributed by atoms with Gasteiger partial charge in [-0.2, -0.15) is 4.31 Å². The number of benzene rings is 1. The molecule has 0 spiro atoms. The molecular formula is C18H24N4O3S. The Hall–Kier alpha value is -2.19. The van der Waals surface area contributed by atoms with Gasteiger partial charge in [0.2, 0.25) is 15.9 Å². The summed E-state index contributed by atoms with van der Waals surface area (Å²) in [6, 6.07) is 7.06. The maximum Gasteiger partial charge on any atom is 0.238 e. The molecule has 0 radical (unpaired) electrons. The zero-order valence-corrected chi connectivity index (χ0v) is 16.0. The van der Waals surface area contributed by atoms with Crippen molar-refractivity contribution >= 4 is 15.9 Å². The molecule has 0 aliphatic carbocycles. The van der Waals surface area contributed by atoms with Gasteiger partial charge in [0.05, 0.1) is 12.3 Å². The fourth-order valence-corrected chi connectivity index (χ4v) is 4.49. The lowest BCUT2D eigenvalue weighted by molar-refractivity contribution is -0.124. The van der Waals surface area contributed by atoms with E-state index < -0.39 is 16.1 Å². The molecule has 0 unspecified atom stereocenters. The van der Waals surface area contributed by atoms with Gasteiger partial charge in [0.1, 0.15) is 11.9 Å². The van der Waals surface area contributed by atoms with E-state index in [9.17, 15) is 13.2 Å². The van der Waals surface area contributed by atoms with Crippen LogP contribution in [0, 0.1) is 6.92 Å². The first-order valence-electron chi connectivity index (χ1n) is 8.65. The minimum atomic E-state index is -3.37. The summed E-state index contributed by atoms with van der Waals surface area (Å²) in [6.07, 6.45) is 6.07. The maximum atomic E-state index is 12.6. The van der Waals surface area contributed by atoms with Crippen molar-refractivity contribution in [2.24, 2.45) is 0 Å². The summed E-state index contributed by atoms with van der Waals surface area (Å²) in [7, 11) is -3.37. The highest BCUT2D eigenvalue weighted by atomic mass is 32.2. The Kier molecular flexibility index (Phi) is 5.15. The lowest BCUT2D eigenvalue weighted by Gasteiger charge is -2.23. The highest BCUT2D eigenvalue weighted by molar-refractivity contribution is 7.88. The van der Waals surface area contributed by atoms with Gasteiger partial charge in [-0.1, -0.05) is 12.1 Å². The van der Waals surface area contributed by atoms with Crippen LogP contribution in [0.15, 0.2) is 36.7 Å². The monoisotopic (exact) mass is 376 g/mol. The Labute approximate surface area is 154 Å². The van der Waals surface area contributed by atoms with Gasteiger partial charge < -0.3 is 9.88 Å². The zero-order chi connectivity index (χ0) is 18.9. The molecule has 1 aliphatic heterocycles. The van der Waals surface area contributed by atoms with Crippen molar-refractivity contribution in [2.75, 3.05) is 12.8 Å². The first-order valence-corrected chi connectivity index (χ1v) is 10.5. The molecule has 1 aromatic heterocycles. The van der Waals surface area contributed by atoms with E-state index in [1.165, 1.54) is 4.31 Å². The molecule has 0 saturated carbocycles. The third-order valence-corrected chi connectivity index (χ3v) is 6.08. The van der Waals surface area contributed by atoms with Gasteiger partial charge in [-0.05, 0) is 44.4 Å². The molecule has 1 N–H and O–H groups in total.